The van der Waals surface area contributed by atoms with Gasteiger partial charge in [0.1, 0.15) is 34.0 Å². The van der Waals surface area contributed by atoms with Crippen molar-refractivity contribution >= 4 is 27.5 Å². The van der Waals surface area contributed by atoms with E-state index in [1.54, 1.807) is 6.92 Å². The van der Waals surface area contributed by atoms with Crippen LogP contribution in [-0.2, 0) is 4.74 Å². The summed E-state index contributed by atoms with van der Waals surface area (Å²) in [6.45, 7) is 5.84. The van der Waals surface area contributed by atoms with Crippen LogP contribution in [0.5, 0.6) is 17.6 Å². The number of ether oxygens (including phenoxy) is 3. The molecule has 5 fully saturated rings. The van der Waals surface area contributed by atoms with Gasteiger partial charge in [0.25, 0.3) is 0 Å². The van der Waals surface area contributed by atoms with Crippen molar-refractivity contribution in [2.45, 2.75) is 95.2 Å². The summed E-state index contributed by atoms with van der Waals surface area (Å²) in [7, 11) is 1.43. The van der Waals surface area contributed by atoms with Gasteiger partial charge >= 0.3 is 6.01 Å². The van der Waals surface area contributed by atoms with Gasteiger partial charge in [-0.25, -0.2) is 13.8 Å². The Morgan fingerprint density at radius 1 is 1.00 bits per heavy atom. The average molecular weight is 754 g/mol. The first-order chi connectivity index (χ1) is 26.5. The number of β-amino-alcohol motifs (C(OH)–C–C–N with tert-alkyl or cyclic N) is 1. The van der Waals surface area contributed by atoms with E-state index in [4.69, 9.17) is 30.6 Å². The van der Waals surface area contributed by atoms with E-state index >= 15 is 8.78 Å². The van der Waals surface area contributed by atoms with Crippen molar-refractivity contribution in [3.05, 3.63) is 41.5 Å². The summed E-state index contributed by atoms with van der Waals surface area (Å²) >= 11 is 0. The van der Waals surface area contributed by atoms with Crippen LogP contribution in [0.1, 0.15) is 83.1 Å². The zero-order chi connectivity index (χ0) is 38.1. The quantitative estimate of drug-likeness (QED) is 0.189. The molecule has 1 spiro atoms. The number of aromatic hydroxyl groups is 1. The van der Waals surface area contributed by atoms with Crippen LogP contribution in [0.3, 0.4) is 0 Å². The molecule has 12 heteroatoms. The molecule has 0 amide bonds. The average Bonchev–Trinajstić information content (AvgIpc) is 3.61. The van der Waals surface area contributed by atoms with E-state index in [-0.39, 0.29) is 62.7 Å². The summed E-state index contributed by atoms with van der Waals surface area (Å²) in [6.07, 6.45) is 17.3. The van der Waals surface area contributed by atoms with Gasteiger partial charge in [-0.05, 0) is 107 Å². The first-order valence-electron chi connectivity index (χ1n) is 19.8. The largest absolute Gasteiger partial charge is 0.508 e. The molecule has 2 aliphatic carbocycles. The second-order valence-electron chi connectivity index (χ2n) is 17.1. The maximum absolute atomic E-state index is 17.3. The number of fused-ring (bicyclic) bond motifs is 3. The lowest BCUT2D eigenvalue weighted by Crippen LogP contribution is -2.61. The maximum Gasteiger partial charge on any atom is 0.319 e. The Hall–Kier alpha value is -4.31. The van der Waals surface area contributed by atoms with Crippen LogP contribution in [-0.4, -0.2) is 94.3 Å². The second kappa shape index (κ2) is 13.7. The smallest absolute Gasteiger partial charge is 0.319 e. The van der Waals surface area contributed by atoms with Crippen LogP contribution >= 0.6 is 0 Å². The Kier molecular flexibility index (Phi) is 9.06. The van der Waals surface area contributed by atoms with Gasteiger partial charge in [-0.15, -0.1) is 6.42 Å². The predicted molar refractivity (Wildman–Crippen MR) is 205 cm³/mol. The Morgan fingerprint density at radius 3 is 2.55 bits per heavy atom. The summed E-state index contributed by atoms with van der Waals surface area (Å²) in [6, 6.07) is 6.48. The number of anilines is 1. The molecule has 10 nitrogen and oxygen atoms in total. The Balaban J connectivity index is 1.12. The normalized spacial score (nSPS) is 26.9. The summed E-state index contributed by atoms with van der Waals surface area (Å²) in [4.78, 5) is 19.0. The van der Waals surface area contributed by atoms with E-state index in [0.717, 1.165) is 64.7 Å². The number of hydrogen-bond donors (Lipinski definition) is 2. The van der Waals surface area contributed by atoms with E-state index in [0.29, 0.717) is 54.7 Å². The maximum atomic E-state index is 17.3. The Bertz CT molecular complexity index is 2190. The number of phenols is 1. The minimum absolute atomic E-state index is 0.0314. The number of benzene rings is 2. The molecule has 9 rings (SSSR count). The molecule has 3 atom stereocenters. The molecule has 3 saturated heterocycles. The molecule has 290 valence electrons. The van der Waals surface area contributed by atoms with Gasteiger partial charge in [0.15, 0.2) is 5.82 Å². The van der Waals surface area contributed by atoms with Crippen molar-refractivity contribution in [1.29, 1.82) is 0 Å². The van der Waals surface area contributed by atoms with Crippen molar-refractivity contribution in [2.75, 3.05) is 51.5 Å². The number of methoxy groups -OCH3 is 1. The number of nitrogens with zero attached hydrogens (tertiary/aromatic N) is 5. The minimum Gasteiger partial charge on any atom is -0.508 e. The standard InChI is InChI=1S/C43H49F2N5O5/c1-4-29-31(44)10-9-26-20-28(51)21-30(33(26)29)36-35(45)37-34(39(46-36)53-3)38(49-16-6-11-41(2,52)24-49)48-40(47-37)55-25-43-12-5-8-32(43)50(17-7-13-43)27-22-42(23-27)14-18-54-19-15-42/h1,9-10,20-21,27,32,51-52H,5-8,11-19,22-25H2,2-3H3. The fourth-order valence-electron chi connectivity index (χ4n) is 10.8. The van der Waals surface area contributed by atoms with Crippen LogP contribution in [0.15, 0.2) is 24.3 Å². The SMILES string of the molecule is C#Cc1c(F)ccc2cc(O)cc(-c3nc(OC)c4c(N5CCCC(C)(O)C5)nc(OCC56CCCC5N(C5CC7(CCOCC7)C5)CCC6)nc4c3F)c12. The highest BCUT2D eigenvalue weighted by molar-refractivity contribution is 6.04. The molecule has 2 saturated carbocycles. The lowest BCUT2D eigenvalue weighted by molar-refractivity contribution is -0.112. The highest BCUT2D eigenvalue weighted by Crippen LogP contribution is 2.56. The van der Waals surface area contributed by atoms with Crippen LogP contribution in [0.25, 0.3) is 32.9 Å². The number of piperidine rings is 2. The number of likely N-dealkylation sites (tertiary alicyclic amines) is 1. The van der Waals surface area contributed by atoms with E-state index in [2.05, 4.69) is 15.8 Å². The predicted octanol–water partition coefficient (Wildman–Crippen LogP) is 7.14. The van der Waals surface area contributed by atoms with E-state index in [9.17, 15) is 10.2 Å². The van der Waals surface area contributed by atoms with E-state index < -0.39 is 17.2 Å². The fraction of sp³-hybridized carbons (Fsp3) is 0.558. The van der Waals surface area contributed by atoms with Gasteiger partial charge in [0.05, 0.1) is 24.9 Å². The van der Waals surface area contributed by atoms with Crippen molar-refractivity contribution in [2.24, 2.45) is 10.8 Å². The molecular formula is C43H49F2N5O5. The Morgan fingerprint density at radius 2 is 1.78 bits per heavy atom. The number of terminal acetylenes is 1. The molecule has 2 aromatic carbocycles. The van der Waals surface area contributed by atoms with Crippen molar-refractivity contribution < 1.29 is 33.2 Å². The molecule has 2 aromatic heterocycles. The van der Waals surface area contributed by atoms with Crippen molar-refractivity contribution in [1.82, 2.24) is 19.9 Å². The van der Waals surface area contributed by atoms with Crippen LogP contribution < -0.4 is 14.4 Å². The lowest BCUT2D eigenvalue weighted by atomic mass is 9.60. The van der Waals surface area contributed by atoms with Crippen LogP contribution in [0.4, 0.5) is 14.6 Å². The number of pyridine rings is 1. The van der Waals surface area contributed by atoms with Crippen LogP contribution in [0, 0.1) is 34.8 Å². The van der Waals surface area contributed by atoms with Crippen molar-refractivity contribution in [3.63, 3.8) is 0 Å². The number of aromatic nitrogens is 3. The van der Waals surface area contributed by atoms with Gasteiger partial charge < -0.3 is 29.3 Å². The number of phenolic OH excluding ortho intramolecular Hbond substituents is 1. The summed E-state index contributed by atoms with van der Waals surface area (Å²) in [5.41, 5.74) is -0.923. The molecule has 0 bridgehead atoms. The van der Waals surface area contributed by atoms with E-state index in [1.807, 2.05) is 4.90 Å². The molecule has 3 unspecified atom stereocenters. The van der Waals surface area contributed by atoms with E-state index in [1.165, 1.54) is 44.2 Å². The summed E-state index contributed by atoms with van der Waals surface area (Å²) < 4.78 is 50.6. The minimum atomic E-state index is -1.00. The first kappa shape index (κ1) is 36.3. The first-order valence-corrected chi connectivity index (χ1v) is 19.8. The molecule has 2 N–H and O–H groups in total. The number of aliphatic hydroxyl groups is 1. The number of hydrogen-bond acceptors (Lipinski definition) is 10. The molecule has 4 aromatic rings. The van der Waals surface area contributed by atoms with Crippen molar-refractivity contribution in [3.8, 4) is 41.2 Å². The zero-order valence-corrected chi connectivity index (χ0v) is 31.7. The second-order valence-corrected chi connectivity index (χ2v) is 17.1. The summed E-state index contributed by atoms with van der Waals surface area (Å²) in [5, 5.41) is 22.8. The molecule has 3 aliphatic heterocycles. The molecular weight excluding hydrogens is 704 g/mol. The highest BCUT2D eigenvalue weighted by atomic mass is 19.1. The number of rotatable bonds is 7. The molecule has 0 radical (unpaired) electrons. The van der Waals surface area contributed by atoms with Gasteiger partial charge in [-0.2, -0.15) is 9.97 Å². The van der Waals surface area contributed by atoms with Gasteiger partial charge in [0, 0.05) is 54.8 Å². The number of halogens is 2. The third kappa shape index (κ3) is 6.23. The molecule has 5 aliphatic rings. The highest BCUT2D eigenvalue weighted by Gasteiger charge is 2.55. The van der Waals surface area contributed by atoms with Crippen LogP contribution in [0.2, 0.25) is 0 Å². The lowest BCUT2D eigenvalue weighted by Gasteiger charge is -2.58. The molecule has 5 heterocycles. The van der Waals surface area contributed by atoms with Gasteiger partial charge in [-0.3, -0.25) is 4.90 Å². The molecule has 55 heavy (non-hydrogen) atoms. The monoisotopic (exact) mass is 753 g/mol. The third-order valence-corrected chi connectivity index (χ3v) is 13.5. The Labute approximate surface area is 320 Å². The van der Waals surface area contributed by atoms with Gasteiger partial charge in [-0.1, -0.05) is 18.4 Å². The topological polar surface area (TPSA) is 113 Å². The van der Waals surface area contributed by atoms with Gasteiger partial charge in [0.2, 0.25) is 5.88 Å². The summed E-state index contributed by atoms with van der Waals surface area (Å²) in [5.74, 6) is 1.14. The zero-order valence-electron chi connectivity index (χ0n) is 31.7. The third-order valence-electron chi connectivity index (χ3n) is 13.5. The fourth-order valence-corrected chi connectivity index (χ4v) is 10.8.